The van der Waals surface area contributed by atoms with E-state index in [1.165, 1.54) is 12.5 Å². The number of hydrogen-bond donors (Lipinski definition) is 1. The van der Waals surface area contributed by atoms with Crippen molar-refractivity contribution in [2.45, 2.75) is 38.1 Å². The Morgan fingerprint density at radius 3 is 2.69 bits per heavy atom. The van der Waals surface area contributed by atoms with E-state index in [1.807, 2.05) is 0 Å². The quantitative estimate of drug-likeness (QED) is 0.596. The van der Waals surface area contributed by atoms with Crippen LogP contribution in [0.3, 0.4) is 0 Å². The van der Waals surface area contributed by atoms with Crippen LogP contribution in [-0.2, 0) is 4.79 Å². The Kier molecular flexibility index (Phi) is 5.24. The van der Waals surface area contributed by atoms with Gasteiger partial charge in [-0.05, 0) is 49.3 Å². The molecule has 1 amide bonds. The number of benzene rings is 1. The molecule has 4 rings (SSSR count). The van der Waals surface area contributed by atoms with E-state index in [2.05, 4.69) is 0 Å². The maximum Gasteiger partial charge on any atom is 0.335 e. The number of amides is 1. The van der Waals surface area contributed by atoms with E-state index in [-0.39, 0.29) is 17.5 Å². The second-order valence-corrected chi connectivity index (χ2v) is 7.79. The van der Waals surface area contributed by atoms with E-state index in [0.717, 1.165) is 25.7 Å². The Labute approximate surface area is 174 Å². The first-order valence-electron chi connectivity index (χ1n) is 9.72. The molecule has 0 atom stereocenters. The van der Waals surface area contributed by atoms with Gasteiger partial charge in [-0.15, -0.1) is 0 Å². The molecule has 1 saturated carbocycles. The lowest BCUT2D eigenvalue weighted by Crippen LogP contribution is -2.41. The average Bonchev–Trinajstić information content (AvgIpc) is 3.28. The molecule has 1 aromatic carbocycles. The molecule has 0 unspecified atom stereocenters. The van der Waals surface area contributed by atoms with E-state index < -0.39 is 5.97 Å². The Morgan fingerprint density at radius 1 is 1.21 bits per heavy atom. The summed E-state index contributed by atoms with van der Waals surface area (Å²) in [6.45, 7) is 0. The summed E-state index contributed by atoms with van der Waals surface area (Å²) in [5.74, 6) is -0.0190. The van der Waals surface area contributed by atoms with Gasteiger partial charge in [0.05, 0.1) is 5.56 Å². The molecular weight excluding hydrogens is 388 g/mol. The van der Waals surface area contributed by atoms with Crippen LogP contribution in [0.1, 0.15) is 48.2 Å². The lowest BCUT2D eigenvalue weighted by molar-refractivity contribution is -0.124. The van der Waals surface area contributed by atoms with Crippen molar-refractivity contribution in [1.82, 2.24) is 9.80 Å². The molecule has 2 fully saturated rings. The van der Waals surface area contributed by atoms with Gasteiger partial charge in [0.2, 0.25) is 0 Å². The van der Waals surface area contributed by atoms with E-state index in [0.29, 0.717) is 27.9 Å². The molecule has 2 aliphatic rings. The fourth-order valence-electron chi connectivity index (χ4n) is 3.96. The van der Waals surface area contributed by atoms with Crippen LogP contribution < -0.4 is 0 Å². The van der Waals surface area contributed by atoms with Gasteiger partial charge in [-0.2, -0.15) is 0 Å². The van der Waals surface area contributed by atoms with Crippen molar-refractivity contribution in [2.75, 3.05) is 7.05 Å². The molecule has 0 radical (unpaired) electrons. The van der Waals surface area contributed by atoms with Crippen LogP contribution in [0, 0.1) is 0 Å². The lowest BCUT2D eigenvalue weighted by Gasteiger charge is -2.30. The number of likely N-dealkylation sites (N-methyl/N-ethyl adjacent to an activating group) is 1. The van der Waals surface area contributed by atoms with E-state index in [9.17, 15) is 9.59 Å². The van der Waals surface area contributed by atoms with E-state index in [4.69, 9.17) is 21.7 Å². The number of carbonyl (C=O) groups excluding carboxylic acids is 1. The minimum atomic E-state index is -0.991. The smallest absolute Gasteiger partial charge is 0.335 e. The topological polar surface area (TPSA) is 74.0 Å². The summed E-state index contributed by atoms with van der Waals surface area (Å²) < 4.78 is 5.87. The zero-order valence-electron chi connectivity index (χ0n) is 16.1. The van der Waals surface area contributed by atoms with Gasteiger partial charge in [-0.25, -0.2) is 4.79 Å². The van der Waals surface area contributed by atoms with Crippen LogP contribution in [0.2, 0.25) is 0 Å². The number of furan rings is 1. The number of hydrogen-bond acceptors (Lipinski definition) is 4. The molecule has 29 heavy (non-hydrogen) atoms. The van der Waals surface area contributed by atoms with Crippen molar-refractivity contribution in [3.8, 4) is 11.3 Å². The van der Waals surface area contributed by atoms with Gasteiger partial charge in [-0.1, -0.05) is 31.4 Å². The minimum absolute atomic E-state index is 0.0878. The van der Waals surface area contributed by atoms with E-state index in [1.54, 1.807) is 53.3 Å². The van der Waals surface area contributed by atoms with Gasteiger partial charge in [-0.3, -0.25) is 9.69 Å². The fraction of sp³-hybridized carbons (Fsp3) is 0.318. The molecule has 1 aliphatic carbocycles. The first-order chi connectivity index (χ1) is 14.0. The van der Waals surface area contributed by atoms with Crippen LogP contribution in [0.5, 0.6) is 0 Å². The molecule has 0 spiro atoms. The summed E-state index contributed by atoms with van der Waals surface area (Å²) in [6.07, 6.45) is 7.12. The van der Waals surface area contributed by atoms with Gasteiger partial charge >= 0.3 is 5.97 Å². The highest BCUT2D eigenvalue weighted by Gasteiger charge is 2.40. The van der Waals surface area contributed by atoms with Crippen LogP contribution in [0.15, 0.2) is 46.5 Å². The highest BCUT2D eigenvalue weighted by Crippen LogP contribution is 2.31. The third-order valence-electron chi connectivity index (χ3n) is 5.53. The number of thiocarbonyl (C=S) groups is 1. The molecular formula is C22H22N2O4S. The lowest BCUT2D eigenvalue weighted by atomic mass is 9.94. The van der Waals surface area contributed by atoms with Crippen molar-refractivity contribution in [3.05, 3.63) is 53.4 Å². The molecule has 1 saturated heterocycles. The Morgan fingerprint density at radius 2 is 1.97 bits per heavy atom. The maximum atomic E-state index is 13.0. The third-order valence-corrected chi connectivity index (χ3v) is 6.00. The SMILES string of the molecule is CN1C(=S)N(C2CCCCC2)C(=O)C1=Cc1ccc(-c2cccc(C(=O)O)c2)o1. The predicted molar refractivity (Wildman–Crippen MR) is 113 cm³/mol. The van der Waals surface area contributed by atoms with Crippen molar-refractivity contribution in [3.63, 3.8) is 0 Å². The summed E-state index contributed by atoms with van der Waals surface area (Å²) in [5.41, 5.74) is 1.35. The van der Waals surface area contributed by atoms with E-state index >= 15 is 0 Å². The molecule has 2 aromatic rings. The van der Waals surface area contributed by atoms with Crippen LogP contribution >= 0.6 is 12.2 Å². The Bertz CT molecular complexity index is 1000. The normalized spacial score (nSPS) is 19.4. The zero-order valence-corrected chi connectivity index (χ0v) is 16.9. The second kappa shape index (κ2) is 7.83. The Balaban J connectivity index is 1.60. The number of rotatable bonds is 4. The largest absolute Gasteiger partial charge is 0.478 e. The molecule has 1 aromatic heterocycles. The van der Waals surface area contributed by atoms with Gasteiger partial charge < -0.3 is 14.4 Å². The number of nitrogens with zero attached hydrogens (tertiary/aromatic N) is 2. The molecule has 0 bridgehead atoms. The van der Waals surface area contributed by atoms with Crippen molar-refractivity contribution in [2.24, 2.45) is 0 Å². The molecule has 6 nitrogen and oxygen atoms in total. The molecule has 2 heterocycles. The first-order valence-corrected chi connectivity index (χ1v) is 10.1. The standard InChI is InChI=1S/C22H22N2O4S/c1-23-18(20(25)24(22(23)29)16-8-3-2-4-9-16)13-17-10-11-19(28-17)14-6-5-7-15(12-14)21(26)27/h5-7,10-13,16H,2-4,8-9H2,1H3,(H,26,27). The summed E-state index contributed by atoms with van der Waals surface area (Å²) in [7, 11) is 1.80. The fourth-order valence-corrected chi connectivity index (χ4v) is 4.29. The highest BCUT2D eigenvalue weighted by molar-refractivity contribution is 7.80. The molecule has 7 heteroatoms. The number of carbonyl (C=O) groups is 2. The summed E-state index contributed by atoms with van der Waals surface area (Å²) >= 11 is 5.54. The molecule has 1 aliphatic heterocycles. The van der Waals surface area contributed by atoms with Crippen molar-refractivity contribution in [1.29, 1.82) is 0 Å². The van der Waals surface area contributed by atoms with Crippen LogP contribution in [0.4, 0.5) is 0 Å². The third kappa shape index (κ3) is 3.70. The van der Waals surface area contributed by atoms with Crippen molar-refractivity contribution >= 4 is 35.3 Å². The number of carboxylic acids is 1. The van der Waals surface area contributed by atoms with Gasteiger partial charge in [0, 0.05) is 24.7 Å². The number of carboxylic acid groups (broad SMARTS) is 1. The second-order valence-electron chi connectivity index (χ2n) is 7.43. The van der Waals surface area contributed by atoms with Crippen molar-refractivity contribution < 1.29 is 19.1 Å². The summed E-state index contributed by atoms with van der Waals surface area (Å²) in [5, 5.41) is 9.70. The maximum absolute atomic E-state index is 13.0. The summed E-state index contributed by atoms with van der Waals surface area (Å²) in [4.78, 5) is 27.7. The molecule has 1 N–H and O–H groups in total. The predicted octanol–water partition coefficient (Wildman–Crippen LogP) is 4.38. The summed E-state index contributed by atoms with van der Waals surface area (Å²) in [6, 6.07) is 10.3. The van der Waals surface area contributed by atoms with Crippen LogP contribution in [0.25, 0.3) is 17.4 Å². The number of aromatic carboxylic acids is 1. The minimum Gasteiger partial charge on any atom is -0.478 e. The van der Waals surface area contributed by atoms with Gasteiger partial charge in [0.1, 0.15) is 17.2 Å². The highest BCUT2D eigenvalue weighted by atomic mass is 32.1. The zero-order chi connectivity index (χ0) is 20.5. The monoisotopic (exact) mass is 410 g/mol. The van der Waals surface area contributed by atoms with Gasteiger partial charge in [0.25, 0.3) is 5.91 Å². The van der Waals surface area contributed by atoms with Gasteiger partial charge in [0.15, 0.2) is 5.11 Å². The Hall–Kier alpha value is -2.93. The van der Waals surface area contributed by atoms with Crippen LogP contribution in [-0.4, -0.2) is 45.0 Å². The molecule has 150 valence electrons. The average molecular weight is 410 g/mol. The first kappa shape index (κ1) is 19.4.